The van der Waals surface area contributed by atoms with E-state index in [0.29, 0.717) is 22.1 Å². The van der Waals surface area contributed by atoms with Crippen LogP contribution in [0, 0.1) is 19.7 Å². The number of halogens is 2. The molecule has 0 aliphatic heterocycles. The van der Waals surface area contributed by atoms with Crippen LogP contribution in [0.15, 0.2) is 23.4 Å². The van der Waals surface area contributed by atoms with Crippen molar-refractivity contribution in [1.29, 1.82) is 0 Å². The molecule has 1 aromatic heterocycles. The van der Waals surface area contributed by atoms with E-state index in [-0.39, 0.29) is 11.4 Å². The molecule has 2 aromatic rings. The molecular weight excluding hydrogens is 271 g/mol. The number of hydrogen-bond donors (Lipinski definition) is 2. The first-order valence-corrected chi connectivity index (χ1v) is 5.83. The number of aryl methyl sites for hydroxylation is 1. The Morgan fingerprint density at radius 3 is 2.68 bits per heavy atom. The summed E-state index contributed by atoms with van der Waals surface area (Å²) >= 11 is 6.08. The first-order valence-electron chi connectivity index (χ1n) is 5.45. The number of nitrogens with zero attached hydrogens (tertiary/aromatic N) is 3. The molecule has 0 aliphatic rings. The molecule has 2 rings (SSSR count). The lowest BCUT2D eigenvalue weighted by molar-refractivity contribution is 0.318. The summed E-state index contributed by atoms with van der Waals surface area (Å²) in [6.07, 6.45) is 0. The zero-order valence-electron chi connectivity index (χ0n) is 10.4. The zero-order chi connectivity index (χ0) is 14.2. The van der Waals surface area contributed by atoms with E-state index in [4.69, 9.17) is 22.5 Å². The number of aromatic nitrogens is 2. The Labute approximate surface area is 114 Å². The summed E-state index contributed by atoms with van der Waals surface area (Å²) < 4.78 is 14.8. The van der Waals surface area contributed by atoms with Crippen molar-refractivity contribution in [3.8, 4) is 5.69 Å². The number of rotatable bonds is 2. The van der Waals surface area contributed by atoms with Crippen LogP contribution in [-0.4, -0.2) is 20.8 Å². The van der Waals surface area contributed by atoms with Crippen LogP contribution in [0.25, 0.3) is 5.69 Å². The fraction of sp³-hybridized carbons (Fsp3) is 0.167. The first-order chi connectivity index (χ1) is 8.95. The first kappa shape index (κ1) is 13.4. The second-order valence-corrected chi connectivity index (χ2v) is 4.42. The Balaban J connectivity index is 2.72. The van der Waals surface area contributed by atoms with Gasteiger partial charge in [-0.3, -0.25) is 0 Å². The van der Waals surface area contributed by atoms with Crippen molar-refractivity contribution >= 4 is 17.4 Å². The molecule has 0 saturated heterocycles. The van der Waals surface area contributed by atoms with Crippen LogP contribution in [-0.2, 0) is 0 Å². The average Bonchev–Trinajstić information content (AvgIpc) is 2.65. The molecule has 0 aliphatic carbocycles. The summed E-state index contributed by atoms with van der Waals surface area (Å²) in [7, 11) is 0. The lowest BCUT2D eigenvalue weighted by atomic mass is 10.1. The molecule has 3 N–H and O–H groups in total. The van der Waals surface area contributed by atoms with Crippen molar-refractivity contribution in [1.82, 2.24) is 9.78 Å². The predicted molar refractivity (Wildman–Crippen MR) is 70.5 cm³/mol. The molecule has 0 atom stereocenters. The van der Waals surface area contributed by atoms with Gasteiger partial charge >= 0.3 is 0 Å². The molecule has 0 radical (unpaired) electrons. The van der Waals surface area contributed by atoms with Gasteiger partial charge in [-0.25, -0.2) is 9.07 Å². The molecule has 1 aromatic carbocycles. The Bertz CT molecular complexity index is 666. The Morgan fingerprint density at radius 2 is 2.16 bits per heavy atom. The number of benzene rings is 1. The van der Waals surface area contributed by atoms with Gasteiger partial charge in [0.2, 0.25) is 0 Å². The van der Waals surface area contributed by atoms with Gasteiger partial charge in [-0.2, -0.15) is 5.10 Å². The number of amidine groups is 1. The lowest BCUT2D eigenvalue weighted by Gasteiger charge is -2.10. The highest BCUT2D eigenvalue weighted by Gasteiger charge is 2.16. The maximum atomic E-state index is 13.3. The smallest absolute Gasteiger partial charge is 0.172 e. The van der Waals surface area contributed by atoms with E-state index in [1.165, 1.54) is 22.9 Å². The molecule has 0 bridgehead atoms. The molecule has 0 amide bonds. The van der Waals surface area contributed by atoms with Crippen molar-refractivity contribution < 1.29 is 9.60 Å². The van der Waals surface area contributed by atoms with Gasteiger partial charge in [0.15, 0.2) is 5.84 Å². The maximum absolute atomic E-state index is 13.3. The van der Waals surface area contributed by atoms with Gasteiger partial charge in [-0.1, -0.05) is 16.8 Å². The van der Waals surface area contributed by atoms with Crippen molar-refractivity contribution in [2.45, 2.75) is 13.8 Å². The molecule has 5 nitrogen and oxygen atoms in total. The summed E-state index contributed by atoms with van der Waals surface area (Å²) in [6.45, 7) is 3.54. The third kappa shape index (κ3) is 2.26. The summed E-state index contributed by atoms with van der Waals surface area (Å²) in [4.78, 5) is 0. The molecule has 0 unspecified atom stereocenters. The Morgan fingerprint density at radius 1 is 1.47 bits per heavy atom. The third-order valence-electron chi connectivity index (χ3n) is 2.77. The van der Waals surface area contributed by atoms with Gasteiger partial charge in [0.05, 0.1) is 22.1 Å². The van der Waals surface area contributed by atoms with E-state index in [1.807, 2.05) is 0 Å². The normalized spacial score (nSPS) is 11.9. The minimum Gasteiger partial charge on any atom is -0.409 e. The summed E-state index contributed by atoms with van der Waals surface area (Å²) in [5.41, 5.74) is 7.63. The molecule has 100 valence electrons. The summed E-state index contributed by atoms with van der Waals surface area (Å²) in [5, 5.41) is 16.4. The van der Waals surface area contributed by atoms with Gasteiger partial charge in [-0.05, 0) is 32.0 Å². The SMILES string of the molecule is Cc1nn(-c2ccc(F)cc2/C(N)=N/O)c(C)c1Cl. The highest BCUT2D eigenvalue weighted by molar-refractivity contribution is 6.31. The van der Waals surface area contributed by atoms with Crippen LogP contribution in [0.1, 0.15) is 17.0 Å². The number of nitrogens with two attached hydrogens (primary N) is 1. The van der Waals surface area contributed by atoms with Gasteiger partial charge in [0.25, 0.3) is 0 Å². The zero-order valence-corrected chi connectivity index (χ0v) is 11.1. The van der Waals surface area contributed by atoms with E-state index >= 15 is 0 Å². The lowest BCUT2D eigenvalue weighted by Crippen LogP contribution is -2.17. The minimum atomic E-state index is -0.488. The standard InChI is InChI=1S/C12H12ClFN4O/c1-6-11(13)7(2)18(16-6)10-4-3-8(14)5-9(10)12(15)17-19/h3-5,19H,1-2H3,(H2,15,17). The summed E-state index contributed by atoms with van der Waals surface area (Å²) in [5.74, 6) is -0.684. The quantitative estimate of drug-likeness (QED) is 0.384. The molecule has 7 heteroatoms. The van der Waals surface area contributed by atoms with Crippen molar-refractivity contribution in [2.24, 2.45) is 10.9 Å². The van der Waals surface area contributed by atoms with E-state index in [1.54, 1.807) is 13.8 Å². The highest BCUT2D eigenvalue weighted by Crippen LogP contribution is 2.24. The second-order valence-electron chi connectivity index (χ2n) is 4.04. The van der Waals surface area contributed by atoms with Crippen LogP contribution in [0.5, 0.6) is 0 Å². The third-order valence-corrected chi connectivity index (χ3v) is 3.32. The van der Waals surface area contributed by atoms with Crippen molar-refractivity contribution in [3.63, 3.8) is 0 Å². The number of oxime groups is 1. The van der Waals surface area contributed by atoms with Crippen LogP contribution in [0.3, 0.4) is 0 Å². The van der Waals surface area contributed by atoms with Crippen molar-refractivity contribution in [3.05, 3.63) is 46.0 Å². The molecule has 0 saturated carbocycles. The van der Waals surface area contributed by atoms with Gasteiger partial charge < -0.3 is 10.9 Å². The Hall–Kier alpha value is -2.08. The van der Waals surface area contributed by atoms with Gasteiger partial charge in [0, 0.05) is 5.56 Å². The molecule has 19 heavy (non-hydrogen) atoms. The van der Waals surface area contributed by atoms with Crippen LogP contribution in [0.4, 0.5) is 4.39 Å². The Kier molecular flexibility index (Phi) is 3.44. The van der Waals surface area contributed by atoms with E-state index in [2.05, 4.69) is 10.3 Å². The van der Waals surface area contributed by atoms with E-state index < -0.39 is 5.82 Å². The predicted octanol–water partition coefficient (Wildman–Crippen LogP) is 2.38. The maximum Gasteiger partial charge on any atom is 0.172 e. The molecule has 1 heterocycles. The molecule has 0 spiro atoms. The minimum absolute atomic E-state index is 0.196. The second kappa shape index (κ2) is 4.89. The molecular formula is C12H12ClFN4O. The fourth-order valence-electron chi connectivity index (χ4n) is 1.81. The summed E-state index contributed by atoms with van der Waals surface area (Å²) in [6, 6.07) is 3.95. The van der Waals surface area contributed by atoms with Crippen LogP contribution in [0.2, 0.25) is 5.02 Å². The van der Waals surface area contributed by atoms with E-state index in [9.17, 15) is 4.39 Å². The van der Waals surface area contributed by atoms with Crippen LogP contribution >= 0.6 is 11.6 Å². The largest absolute Gasteiger partial charge is 0.409 e. The highest BCUT2D eigenvalue weighted by atomic mass is 35.5. The van der Waals surface area contributed by atoms with Crippen LogP contribution < -0.4 is 5.73 Å². The topological polar surface area (TPSA) is 76.4 Å². The van der Waals surface area contributed by atoms with E-state index in [0.717, 1.165) is 0 Å². The molecule has 0 fully saturated rings. The monoisotopic (exact) mass is 282 g/mol. The van der Waals surface area contributed by atoms with Gasteiger partial charge in [0.1, 0.15) is 5.82 Å². The fourth-order valence-corrected chi connectivity index (χ4v) is 1.93. The van der Waals surface area contributed by atoms with Crippen molar-refractivity contribution in [2.75, 3.05) is 0 Å². The average molecular weight is 283 g/mol. The number of hydrogen-bond acceptors (Lipinski definition) is 3. The van der Waals surface area contributed by atoms with Gasteiger partial charge in [-0.15, -0.1) is 0 Å².